The molecule has 202 valence electrons. The highest BCUT2D eigenvalue weighted by atomic mass is 35.5. The van der Waals surface area contributed by atoms with Crippen molar-refractivity contribution in [1.82, 2.24) is 4.90 Å². The van der Waals surface area contributed by atoms with Crippen LogP contribution in [0.4, 0.5) is 23.7 Å². The molecule has 8 nitrogen and oxygen atoms in total. The second kappa shape index (κ2) is 11.4. The highest BCUT2D eigenvalue weighted by Crippen LogP contribution is 2.41. The lowest BCUT2D eigenvalue weighted by Crippen LogP contribution is -2.27. The van der Waals surface area contributed by atoms with Crippen LogP contribution in [-0.4, -0.2) is 27.6 Å². The number of ether oxygens (including phenoxy) is 2. The van der Waals surface area contributed by atoms with Gasteiger partial charge < -0.3 is 9.47 Å². The Kier molecular flexibility index (Phi) is 8.17. The molecule has 1 aliphatic heterocycles. The summed E-state index contributed by atoms with van der Waals surface area (Å²) < 4.78 is 50.2. The summed E-state index contributed by atoms with van der Waals surface area (Å²) in [6.45, 7) is 1.92. The molecule has 0 saturated carbocycles. The van der Waals surface area contributed by atoms with Crippen LogP contribution in [0.5, 0.6) is 17.2 Å². The van der Waals surface area contributed by atoms with Crippen molar-refractivity contribution in [2.45, 2.75) is 19.6 Å². The number of hydrogen-bond donors (Lipinski definition) is 0. The maximum atomic E-state index is 13.0. The minimum atomic E-state index is -4.77. The Morgan fingerprint density at radius 3 is 2.36 bits per heavy atom. The highest BCUT2D eigenvalue weighted by Gasteiger charge is 2.35. The summed E-state index contributed by atoms with van der Waals surface area (Å²) >= 11 is 6.65. The predicted molar refractivity (Wildman–Crippen MR) is 139 cm³/mol. The van der Waals surface area contributed by atoms with Crippen molar-refractivity contribution in [1.29, 1.82) is 0 Å². The van der Waals surface area contributed by atoms with Gasteiger partial charge >= 0.3 is 11.9 Å². The standard InChI is InChI=1S/C26H18ClF3N2O6S/c1-2-37-22-11-16(12-23-24(33)31(25(34)39-23)14-15-3-7-18(27)8-4-15)5-9-21(22)38-20-10-6-17(26(28,29)30)13-19(20)32(35)36/h3-13H,2,14H2,1H3/b23-12-. The van der Waals surface area contributed by atoms with Crippen LogP contribution in [0.3, 0.4) is 0 Å². The largest absolute Gasteiger partial charge is 0.490 e. The Balaban J connectivity index is 1.59. The molecular formula is C26H18ClF3N2O6S. The molecule has 13 heteroatoms. The van der Waals surface area contributed by atoms with E-state index in [0.717, 1.165) is 28.3 Å². The van der Waals surface area contributed by atoms with Crippen molar-refractivity contribution >= 4 is 46.3 Å². The maximum absolute atomic E-state index is 13.0. The molecule has 0 radical (unpaired) electrons. The Morgan fingerprint density at radius 2 is 1.72 bits per heavy atom. The molecule has 0 aliphatic carbocycles. The van der Waals surface area contributed by atoms with Crippen LogP contribution in [0, 0.1) is 10.1 Å². The van der Waals surface area contributed by atoms with Crippen LogP contribution in [0.1, 0.15) is 23.6 Å². The Hall–Kier alpha value is -4.03. The number of imide groups is 1. The number of thioether (sulfide) groups is 1. The Morgan fingerprint density at radius 1 is 1.03 bits per heavy atom. The molecule has 0 aromatic heterocycles. The van der Waals surface area contributed by atoms with Gasteiger partial charge in [-0.25, -0.2) is 0 Å². The number of alkyl halides is 3. The summed E-state index contributed by atoms with van der Waals surface area (Å²) in [7, 11) is 0. The van der Waals surface area contributed by atoms with E-state index >= 15 is 0 Å². The number of hydrogen-bond acceptors (Lipinski definition) is 7. The number of benzene rings is 3. The second-order valence-corrected chi connectivity index (χ2v) is 9.50. The average Bonchev–Trinajstić information content (AvgIpc) is 3.13. The third-order valence-electron chi connectivity index (χ3n) is 5.40. The van der Waals surface area contributed by atoms with Crippen molar-refractivity contribution in [3.05, 3.63) is 97.4 Å². The van der Waals surface area contributed by atoms with Crippen molar-refractivity contribution in [3.63, 3.8) is 0 Å². The molecule has 0 bridgehead atoms. The van der Waals surface area contributed by atoms with Gasteiger partial charge in [0.15, 0.2) is 11.5 Å². The first-order chi connectivity index (χ1) is 18.5. The fraction of sp³-hybridized carbons (Fsp3) is 0.154. The Bertz CT molecular complexity index is 1480. The first kappa shape index (κ1) is 28.0. The van der Waals surface area contributed by atoms with Crippen LogP contribution >= 0.6 is 23.4 Å². The van der Waals surface area contributed by atoms with Gasteiger partial charge in [-0.2, -0.15) is 13.2 Å². The zero-order valence-corrected chi connectivity index (χ0v) is 21.6. The molecule has 1 aliphatic rings. The number of nitro benzene ring substituents is 1. The van der Waals surface area contributed by atoms with Gasteiger partial charge in [-0.1, -0.05) is 29.8 Å². The minimum absolute atomic E-state index is 0.00713. The normalized spacial score (nSPS) is 14.7. The zero-order valence-electron chi connectivity index (χ0n) is 20.0. The van der Waals surface area contributed by atoms with Crippen molar-refractivity contribution in [3.8, 4) is 17.2 Å². The first-order valence-corrected chi connectivity index (χ1v) is 12.5. The summed E-state index contributed by atoms with van der Waals surface area (Å²) in [4.78, 5) is 37.1. The number of amides is 2. The van der Waals surface area contributed by atoms with Crippen LogP contribution in [-0.2, 0) is 17.5 Å². The molecule has 1 heterocycles. The van der Waals surface area contributed by atoms with Crippen LogP contribution in [0.15, 0.2) is 65.6 Å². The van der Waals surface area contributed by atoms with Gasteiger partial charge in [0, 0.05) is 11.1 Å². The van der Waals surface area contributed by atoms with Gasteiger partial charge in [0.25, 0.3) is 11.1 Å². The molecule has 0 atom stereocenters. The molecule has 0 N–H and O–H groups in total. The van der Waals surface area contributed by atoms with E-state index in [1.807, 2.05) is 0 Å². The second-order valence-electron chi connectivity index (χ2n) is 8.07. The molecule has 1 fully saturated rings. The van der Waals surface area contributed by atoms with E-state index in [-0.39, 0.29) is 29.6 Å². The monoisotopic (exact) mass is 578 g/mol. The lowest BCUT2D eigenvalue weighted by atomic mass is 10.1. The molecule has 39 heavy (non-hydrogen) atoms. The number of rotatable bonds is 8. The molecule has 0 unspecified atom stereocenters. The molecule has 2 amide bonds. The molecule has 3 aromatic rings. The SMILES string of the molecule is CCOc1cc(/C=C2\SC(=O)N(Cc3ccc(Cl)cc3)C2=O)ccc1Oc1ccc(C(F)(F)F)cc1[N+](=O)[O-]. The topological polar surface area (TPSA) is 99.0 Å². The molecule has 0 spiro atoms. The fourth-order valence-electron chi connectivity index (χ4n) is 3.57. The van der Waals surface area contributed by atoms with Crippen LogP contribution < -0.4 is 9.47 Å². The van der Waals surface area contributed by atoms with Crippen molar-refractivity contribution in [2.24, 2.45) is 0 Å². The minimum Gasteiger partial charge on any atom is -0.490 e. The summed E-state index contributed by atoms with van der Waals surface area (Å²) in [6.07, 6.45) is -3.28. The summed E-state index contributed by atoms with van der Waals surface area (Å²) in [5.41, 5.74) is -0.872. The van der Waals surface area contributed by atoms with E-state index in [2.05, 4.69) is 0 Å². The number of nitrogens with zero attached hydrogens (tertiary/aromatic N) is 2. The highest BCUT2D eigenvalue weighted by molar-refractivity contribution is 8.18. The number of halogens is 4. The van der Waals surface area contributed by atoms with Gasteiger partial charge in [-0.3, -0.25) is 24.6 Å². The zero-order chi connectivity index (χ0) is 28.3. The van der Waals surface area contributed by atoms with Gasteiger partial charge in [-0.05, 0) is 72.3 Å². The van der Waals surface area contributed by atoms with E-state index < -0.39 is 39.2 Å². The first-order valence-electron chi connectivity index (χ1n) is 11.3. The van der Waals surface area contributed by atoms with E-state index in [1.165, 1.54) is 24.3 Å². The van der Waals surface area contributed by atoms with Gasteiger partial charge in [0.05, 0.1) is 28.5 Å². The van der Waals surface area contributed by atoms with E-state index in [9.17, 15) is 32.9 Å². The molecule has 1 saturated heterocycles. The van der Waals surface area contributed by atoms with Gasteiger partial charge in [0.1, 0.15) is 0 Å². The maximum Gasteiger partial charge on any atom is 0.416 e. The third-order valence-corrected chi connectivity index (χ3v) is 6.56. The van der Waals surface area contributed by atoms with Gasteiger partial charge in [-0.15, -0.1) is 0 Å². The summed E-state index contributed by atoms with van der Waals surface area (Å²) in [5, 5.41) is 11.5. The van der Waals surface area contributed by atoms with E-state index in [4.69, 9.17) is 21.1 Å². The quantitative estimate of drug-likeness (QED) is 0.153. The lowest BCUT2D eigenvalue weighted by molar-refractivity contribution is -0.385. The van der Waals surface area contributed by atoms with Crippen molar-refractivity contribution in [2.75, 3.05) is 6.61 Å². The molecular weight excluding hydrogens is 561 g/mol. The number of nitro groups is 1. The number of carbonyl (C=O) groups excluding carboxylic acids is 2. The Labute approximate surface area is 229 Å². The van der Waals surface area contributed by atoms with Crippen molar-refractivity contribution < 1.29 is 37.2 Å². The average molecular weight is 579 g/mol. The van der Waals surface area contributed by atoms with Crippen LogP contribution in [0.2, 0.25) is 5.02 Å². The predicted octanol–water partition coefficient (Wildman–Crippen LogP) is 7.69. The van der Waals surface area contributed by atoms with Gasteiger partial charge in [0.2, 0.25) is 5.75 Å². The fourth-order valence-corrected chi connectivity index (χ4v) is 4.53. The lowest BCUT2D eigenvalue weighted by Gasteiger charge is -2.14. The summed E-state index contributed by atoms with van der Waals surface area (Å²) in [5.74, 6) is -0.767. The molecule has 4 rings (SSSR count). The van der Waals surface area contributed by atoms with E-state index in [0.29, 0.717) is 22.7 Å². The van der Waals surface area contributed by atoms with Crippen LogP contribution in [0.25, 0.3) is 6.08 Å². The smallest absolute Gasteiger partial charge is 0.416 e. The summed E-state index contributed by atoms with van der Waals surface area (Å²) in [6, 6.07) is 13.1. The van der Waals surface area contributed by atoms with E-state index in [1.54, 1.807) is 31.2 Å². The number of carbonyl (C=O) groups is 2. The molecule has 3 aromatic carbocycles. The third kappa shape index (κ3) is 6.52.